The summed E-state index contributed by atoms with van der Waals surface area (Å²) in [6, 6.07) is 10.1. The fourth-order valence-corrected chi connectivity index (χ4v) is 2.23. The number of rotatable bonds is 2. The summed E-state index contributed by atoms with van der Waals surface area (Å²) in [5, 5.41) is 10.6. The first-order valence-corrected chi connectivity index (χ1v) is 7.04. The number of Topliss-reactive ketones (excluding diaryl/α,β-unsaturated/α-hetero) is 1. The molecule has 2 aromatic carbocycles. The van der Waals surface area contributed by atoms with Gasteiger partial charge >= 0.3 is 0 Å². The van der Waals surface area contributed by atoms with E-state index in [1.165, 1.54) is 13.0 Å². The highest BCUT2D eigenvalue weighted by Crippen LogP contribution is 2.37. The number of carbonyl (C=O) groups excluding carboxylic acids is 1. The lowest BCUT2D eigenvalue weighted by molar-refractivity contribution is 0.101. The number of ketones is 1. The molecule has 0 unspecified atom stereocenters. The van der Waals surface area contributed by atoms with Gasteiger partial charge in [0, 0.05) is 16.1 Å². The van der Waals surface area contributed by atoms with Gasteiger partial charge in [-0.1, -0.05) is 55.2 Å². The average Bonchev–Trinajstić information content (AvgIpc) is 2.42. The fourth-order valence-electron chi connectivity index (χ4n) is 1.73. The van der Waals surface area contributed by atoms with E-state index in [1.807, 2.05) is 32.0 Å². The number of hydrogen-bond acceptors (Lipinski definition) is 2. The minimum absolute atomic E-state index is 0.122. The first kappa shape index (κ1) is 16.5. The summed E-state index contributed by atoms with van der Waals surface area (Å²) in [7, 11) is 0. The Morgan fingerprint density at radius 1 is 1.00 bits per heavy atom. The van der Waals surface area contributed by atoms with Crippen molar-refractivity contribution in [1.29, 1.82) is 0 Å². The van der Waals surface area contributed by atoms with E-state index in [4.69, 9.17) is 23.2 Å². The van der Waals surface area contributed by atoms with Crippen LogP contribution in [0.4, 0.5) is 0 Å². The largest absolute Gasteiger partial charge is 0.507 e. The van der Waals surface area contributed by atoms with Gasteiger partial charge in [-0.05, 0) is 25.1 Å². The van der Waals surface area contributed by atoms with Crippen LogP contribution in [0.1, 0.15) is 31.1 Å². The Labute approximate surface area is 129 Å². The Morgan fingerprint density at radius 3 is 2.15 bits per heavy atom. The van der Waals surface area contributed by atoms with Crippen LogP contribution in [0.5, 0.6) is 5.75 Å². The van der Waals surface area contributed by atoms with E-state index in [0.717, 1.165) is 5.56 Å². The van der Waals surface area contributed by atoms with Gasteiger partial charge in [0.2, 0.25) is 0 Å². The SMILES string of the molecule is CC.CC(=O)c1cc(-c2ccccc2Cl)c(Cl)cc1O. The van der Waals surface area contributed by atoms with Crippen molar-refractivity contribution in [3.8, 4) is 16.9 Å². The smallest absolute Gasteiger partial charge is 0.163 e. The lowest BCUT2D eigenvalue weighted by atomic mass is 10.0. The normalized spacial score (nSPS) is 9.65. The molecule has 0 radical (unpaired) electrons. The molecule has 2 nitrogen and oxygen atoms in total. The molecule has 0 aliphatic heterocycles. The van der Waals surface area contributed by atoms with E-state index in [-0.39, 0.29) is 17.1 Å². The van der Waals surface area contributed by atoms with Crippen molar-refractivity contribution >= 4 is 29.0 Å². The van der Waals surface area contributed by atoms with Crippen molar-refractivity contribution in [2.24, 2.45) is 0 Å². The molecule has 0 saturated heterocycles. The maximum atomic E-state index is 11.4. The van der Waals surface area contributed by atoms with Gasteiger partial charge in [0.25, 0.3) is 0 Å². The van der Waals surface area contributed by atoms with Crippen LogP contribution in [0.2, 0.25) is 10.0 Å². The minimum atomic E-state index is -0.225. The molecule has 4 heteroatoms. The first-order valence-electron chi connectivity index (χ1n) is 6.29. The number of aromatic hydroxyl groups is 1. The molecule has 0 bridgehead atoms. The van der Waals surface area contributed by atoms with E-state index in [1.54, 1.807) is 12.1 Å². The zero-order chi connectivity index (χ0) is 15.3. The van der Waals surface area contributed by atoms with Gasteiger partial charge in [-0.3, -0.25) is 4.79 Å². The van der Waals surface area contributed by atoms with Crippen molar-refractivity contribution < 1.29 is 9.90 Å². The third kappa shape index (κ3) is 3.53. The maximum Gasteiger partial charge on any atom is 0.163 e. The van der Waals surface area contributed by atoms with Crippen LogP contribution in [0.3, 0.4) is 0 Å². The highest BCUT2D eigenvalue weighted by Gasteiger charge is 2.14. The molecule has 0 spiro atoms. The van der Waals surface area contributed by atoms with Crippen LogP contribution in [0.15, 0.2) is 36.4 Å². The molecule has 0 fully saturated rings. The summed E-state index contributed by atoms with van der Waals surface area (Å²) in [5.41, 5.74) is 1.59. The molecule has 1 N–H and O–H groups in total. The van der Waals surface area contributed by atoms with Crippen molar-refractivity contribution in [1.82, 2.24) is 0 Å². The lowest BCUT2D eigenvalue weighted by Gasteiger charge is -2.10. The second-order valence-corrected chi connectivity index (χ2v) is 4.70. The average molecular weight is 311 g/mol. The van der Waals surface area contributed by atoms with Crippen molar-refractivity contribution in [3.63, 3.8) is 0 Å². The number of benzene rings is 2. The maximum absolute atomic E-state index is 11.4. The summed E-state index contributed by atoms with van der Waals surface area (Å²) in [6.45, 7) is 5.39. The molecule has 0 amide bonds. The van der Waals surface area contributed by atoms with E-state index in [2.05, 4.69) is 0 Å². The Bertz CT molecular complexity index is 622. The van der Waals surface area contributed by atoms with Crippen molar-refractivity contribution in [2.75, 3.05) is 0 Å². The predicted molar refractivity (Wildman–Crippen MR) is 84.9 cm³/mol. The summed E-state index contributed by atoms with van der Waals surface area (Å²) >= 11 is 12.2. The Kier molecular flexibility index (Phi) is 6.05. The summed E-state index contributed by atoms with van der Waals surface area (Å²) in [5.74, 6) is -0.347. The number of phenols is 1. The molecule has 0 aromatic heterocycles. The van der Waals surface area contributed by atoms with Crippen molar-refractivity contribution in [2.45, 2.75) is 20.8 Å². The predicted octanol–water partition coefficient (Wildman–Crippen LogP) is 5.59. The molecular formula is C16H16Cl2O2. The zero-order valence-corrected chi connectivity index (χ0v) is 13.1. The second kappa shape index (κ2) is 7.32. The molecular weight excluding hydrogens is 295 g/mol. The monoisotopic (exact) mass is 310 g/mol. The molecule has 20 heavy (non-hydrogen) atoms. The van der Waals surface area contributed by atoms with Crippen LogP contribution < -0.4 is 0 Å². The number of halogens is 2. The van der Waals surface area contributed by atoms with Gasteiger partial charge in [0.15, 0.2) is 5.78 Å². The highest BCUT2D eigenvalue weighted by molar-refractivity contribution is 6.36. The quantitative estimate of drug-likeness (QED) is 0.733. The summed E-state index contributed by atoms with van der Waals surface area (Å²) in [6.07, 6.45) is 0. The Morgan fingerprint density at radius 2 is 1.60 bits per heavy atom. The molecule has 2 aromatic rings. The van der Waals surface area contributed by atoms with Crippen LogP contribution in [-0.4, -0.2) is 10.9 Å². The molecule has 2 rings (SSSR count). The number of hydrogen-bond donors (Lipinski definition) is 1. The number of phenolic OH excluding ortho intramolecular Hbond substituents is 1. The second-order valence-electron chi connectivity index (χ2n) is 3.89. The van der Waals surface area contributed by atoms with Crippen LogP contribution >= 0.6 is 23.2 Å². The van der Waals surface area contributed by atoms with E-state index in [0.29, 0.717) is 15.6 Å². The van der Waals surface area contributed by atoms with Gasteiger partial charge < -0.3 is 5.11 Å². The molecule has 106 valence electrons. The standard InChI is InChI=1S/C14H10Cl2O2.C2H6/c1-8(17)10-6-11(13(16)7-14(10)18)9-4-2-3-5-12(9)15;1-2/h2-7,18H,1H3;1-2H3. The van der Waals surface area contributed by atoms with Gasteiger partial charge in [0.05, 0.1) is 10.6 Å². The molecule has 0 saturated carbocycles. The van der Waals surface area contributed by atoms with E-state index >= 15 is 0 Å². The van der Waals surface area contributed by atoms with Gasteiger partial charge in [-0.25, -0.2) is 0 Å². The first-order chi connectivity index (χ1) is 9.50. The van der Waals surface area contributed by atoms with E-state index in [9.17, 15) is 9.90 Å². The Balaban J connectivity index is 0.000000956. The highest BCUT2D eigenvalue weighted by atomic mass is 35.5. The third-order valence-corrected chi connectivity index (χ3v) is 3.27. The van der Waals surface area contributed by atoms with Gasteiger partial charge in [-0.15, -0.1) is 0 Å². The zero-order valence-electron chi connectivity index (χ0n) is 11.6. The minimum Gasteiger partial charge on any atom is -0.507 e. The van der Waals surface area contributed by atoms with Crippen LogP contribution in [0, 0.1) is 0 Å². The molecule has 0 aliphatic rings. The molecule has 0 aliphatic carbocycles. The van der Waals surface area contributed by atoms with Crippen molar-refractivity contribution in [3.05, 3.63) is 52.0 Å². The lowest BCUT2D eigenvalue weighted by Crippen LogP contribution is -1.94. The van der Waals surface area contributed by atoms with E-state index < -0.39 is 0 Å². The van der Waals surface area contributed by atoms with Crippen LogP contribution in [0.25, 0.3) is 11.1 Å². The number of carbonyl (C=O) groups is 1. The van der Waals surface area contributed by atoms with Gasteiger partial charge in [0.1, 0.15) is 5.75 Å². The Hall–Kier alpha value is -1.51. The summed E-state index contributed by atoms with van der Waals surface area (Å²) < 4.78 is 0. The molecule has 0 heterocycles. The molecule has 0 atom stereocenters. The summed E-state index contributed by atoms with van der Waals surface area (Å²) in [4.78, 5) is 11.4. The topological polar surface area (TPSA) is 37.3 Å². The van der Waals surface area contributed by atoms with Gasteiger partial charge in [-0.2, -0.15) is 0 Å². The third-order valence-electron chi connectivity index (χ3n) is 2.63. The van der Waals surface area contributed by atoms with Crippen LogP contribution in [-0.2, 0) is 0 Å². The fraction of sp³-hybridized carbons (Fsp3) is 0.188.